The van der Waals surface area contributed by atoms with Crippen LogP contribution in [0.5, 0.6) is 23.0 Å². The second-order valence-corrected chi connectivity index (χ2v) is 16.5. The van der Waals surface area contributed by atoms with Crippen LogP contribution in [-0.4, -0.2) is 6.08 Å². The summed E-state index contributed by atoms with van der Waals surface area (Å²) in [7, 11) is -5.43. The van der Waals surface area contributed by atoms with E-state index in [1.165, 1.54) is 0 Å². The maximum absolute atomic E-state index is 12.3. The van der Waals surface area contributed by atoms with Gasteiger partial charge in [-0.1, -0.05) is 0 Å². The Morgan fingerprint density at radius 1 is 0.659 bits per heavy atom. The van der Waals surface area contributed by atoms with Crippen molar-refractivity contribution in [3.05, 3.63) is 77.7 Å². The first-order valence-electron chi connectivity index (χ1n) is 12.9. The first-order valence-corrected chi connectivity index (χ1v) is 16.3. The van der Waals surface area contributed by atoms with Crippen molar-refractivity contribution >= 4 is 60.1 Å². The topological polar surface area (TPSA) is 66.4 Å². The Kier molecular flexibility index (Phi) is 7.15. The zero-order valence-electron chi connectivity index (χ0n) is 24.0. The summed E-state index contributed by atoms with van der Waals surface area (Å²) < 4.78 is 30.6. The summed E-state index contributed by atoms with van der Waals surface area (Å²) in [5.41, 5.74) is 4.64. The average molecular weight is 657 g/mol. The number of benzene rings is 3. The van der Waals surface area contributed by atoms with Gasteiger partial charge in [0.25, 0.3) is 0 Å². The van der Waals surface area contributed by atoms with Crippen molar-refractivity contribution in [3.63, 3.8) is 0 Å². The third kappa shape index (κ3) is 4.97. The molecule has 218 valence electrons. The molecular weight excluding hydrogens is 627 g/mol. The molecule has 41 heavy (non-hydrogen) atoms. The standard InChI is InChI=1S/C30H30Cl4NO5P/c1-15-9-17-13-18-10-16(2)12-20(30(6,7)8)26(18)38-41(35-14-36,37-25(17)19(11-15)29(3,4)5)39-27-23(33)21(31)22(32)24(34)28(27)40-41/h9-12H,13H2,1-8H3. The number of fused-ring (bicyclic) bond motifs is 3. The molecule has 0 unspecified atom stereocenters. The van der Waals surface area contributed by atoms with E-state index in [1.807, 2.05) is 38.1 Å². The van der Waals surface area contributed by atoms with Crippen LogP contribution in [0.25, 0.3) is 0 Å². The second kappa shape index (κ2) is 9.67. The zero-order chi connectivity index (χ0) is 30.3. The minimum absolute atomic E-state index is 0.0563. The monoisotopic (exact) mass is 655 g/mol. The fourth-order valence-corrected chi connectivity index (χ4v) is 8.64. The summed E-state index contributed by atoms with van der Waals surface area (Å²) in [5, 5.41) is -0.292. The van der Waals surface area contributed by atoms with Gasteiger partial charge in [-0.25, -0.2) is 0 Å². The summed E-state index contributed by atoms with van der Waals surface area (Å²) in [6.07, 6.45) is 2.07. The average Bonchev–Trinajstić information content (AvgIpc) is 3.19. The third-order valence-electron chi connectivity index (χ3n) is 6.98. The quantitative estimate of drug-likeness (QED) is 0.0857. The van der Waals surface area contributed by atoms with Crippen molar-refractivity contribution in [2.24, 2.45) is 4.76 Å². The summed E-state index contributed by atoms with van der Waals surface area (Å²) in [6.45, 7) is 16.4. The van der Waals surface area contributed by atoms with Crippen molar-refractivity contribution in [1.82, 2.24) is 0 Å². The van der Waals surface area contributed by atoms with Gasteiger partial charge in [-0.3, -0.25) is 0 Å². The first kappa shape index (κ1) is 30.3. The summed E-state index contributed by atoms with van der Waals surface area (Å²) in [4.78, 5) is 12.3. The number of carbonyl (C=O) groups excluding carboxylic acids is 1. The number of aryl methyl sites for hydroxylation is 2. The predicted molar refractivity (Wildman–Crippen MR) is 167 cm³/mol. The van der Waals surface area contributed by atoms with E-state index in [-0.39, 0.29) is 31.6 Å². The molecule has 1 spiro atoms. The van der Waals surface area contributed by atoms with Gasteiger partial charge in [-0.15, -0.1) is 0 Å². The fourth-order valence-electron chi connectivity index (χ4n) is 5.12. The minimum atomic E-state index is -5.43. The van der Waals surface area contributed by atoms with Crippen LogP contribution in [0.15, 0.2) is 29.0 Å². The second-order valence-electron chi connectivity index (χ2n) is 12.5. The van der Waals surface area contributed by atoms with Crippen LogP contribution >= 0.6 is 54.1 Å². The molecule has 2 heterocycles. The molecule has 5 rings (SSSR count). The van der Waals surface area contributed by atoms with E-state index in [0.717, 1.165) is 33.4 Å². The number of rotatable bonds is 1. The van der Waals surface area contributed by atoms with Crippen LogP contribution in [0.3, 0.4) is 0 Å². The van der Waals surface area contributed by atoms with E-state index in [2.05, 4.69) is 46.3 Å². The Bertz CT molecular complexity index is 1570. The van der Waals surface area contributed by atoms with Crippen molar-refractivity contribution in [2.45, 2.75) is 72.6 Å². The molecule has 6 nitrogen and oxygen atoms in total. The molecule has 0 atom stereocenters. The molecule has 0 aliphatic carbocycles. The molecule has 0 N–H and O–H groups in total. The molecule has 0 aromatic heterocycles. The molecule has 0 bridgehead atoms. The summed E-state index contributed by atoms with van der Waals surface area (Å²) >= 11 is 26.0. The van der Waals surface area contributed by atoms with Gasteiger partial charge < -0.3 is 0 Å². The van der Waals surface area contributed by atoms with Crippen LogP contribution in [0.1, 0.15) is 74.9 Å². The van der Waals surface area contributed by atoms with Crippen LogP contribution < -0.4 is 18.1 Å². The van der Waals surface area contributed by atoms with Crippen LogP contribution in [-0.2, 0) is 22.0 Å². The van der Waals surface area contributed by atoms with Gasteiger partial charge in [-0.05, 0) is 0 Å². The van der Waals surface area contributed by atoms with Crippen molar-refractivity contribution in [1.29, 1.82) is 0 Å². The zero-order valence-corrected chi connectivity index (χ0v) is 27.9. The van der Waals surface area contributed by atoms with Crippen molar-refractivity contribution < 1.29 is 22.9 Å². The number of hydrogen-bond acceptors (Lipinski definition) is 6. The molecular formula is C30H30Cl4NO5P. The molecule has 0 saturated heterocycles. The van der Waals surface area contributed by atoms with Crippen LogP contribution in [0, 0.1) is 13.8 Å². The van der Waals surface area contributed by atoms with Crippen molar-refractivity contribution in [3.8, 4) is 23.0 Å². The molecule has 0 radical (unpaired) electrons. The van der Waals surface area contributed by atoms with E-state index in [0.29, 0.717) is 17.9 Å². The van der Waals surface area contributed by atoms with Gasteiger partial charge in [0.2, 0.25) is 0 Å². The molecule has 2 aliphatic heterocycles. The first-order chi connectivity index (χ1) is 18.9. The Morgan fingerprint density at radius 2 is 1.02 bits per heavy atom. The Labute approximate surface area is 260 Å². The van der Waals surface area contributed by atoms with E-state index in [1.54, 1.807) is 6.08 Å². The summed E-state index contributed by atoms with van der Waals surface area (Å²) in [5.74, 6) is 0.642. The van der Waals surface area contributed by atoms with Gasteiger partial charge in [-0.2, -0.15) is 0 Å². The Morgan fingerprint density at radius 3 is 1.37 bits per heavy atom. The normalized spacial score (nSPS) is 17.5. The van der Waals surface area contributed by atoms with E-state index in [4.69, 9.17) is 64.5 Å². The number of isocyanates is 1. The van der Waals surface area contributed by atoms with Gasteiger partial charge in [0.15, 0.2) is 0 Å². The number of halogens is 4. The van der Waals surface area contributed by atoms with Crippen LogP contribution in [0.2, 0.25) is 20.1 Å². The van der Waals surface area contributed by atoms with E-state index >= 15 is 0 Å². The van der Waals surface area contributed by atoms with Gasteiger partial charge in [0.05, 0.1) is 0 Å². The summed E-state index contributed by atoms with van der Waals surface area (Å²) in [6, 6.07) is 8.11. The molecule has 0 fully saturated rings. The number of nitrogens with zero attached hydrogens (tertiary/aromatic N) is 1. The Hall–Kier alpha value is -2.17. The van der Waals surface area contributed by atoms with Crippen molar-refractivity contribution in [2.75, 3.05) is 0 Å². The van der Waals surface area contributed by atoms with Gasteiger partial charge in [0, 0.05) is 0 Å². The van der Waals surface area contributed by atoms with Gasteiger partial charge >= 0.3 is 261 Å². The molecule has 3 aromatic carbocycles. The van der Waals surface area contributed by atoms with E-state index < -0.39 is 18.5 Å². The SMILES string of the molecule is Cc1cc2c(c(C(C)(C)C)c1)OP1(N=C=O)(Oc3c(cc(C)cc3C(C)(C)C)C2)Oc2c(Cl)c(Cl)c(Cl)c(Cl)c2O1. The fraction of sp³-hybridized carbons (Fsp3) is 0.367. The molecule has 0 saturated carbocycles. The predicted octanol–water partition coefficient (Wildman–Crippen LogP) is 10.8. The molecule has 11 heteroatoms. The molecule has 0 amide bonds. The third-order valence-corrected chi connectivity index (χ3v) is 11.1. The van der Waals surface area contributed by atoms with Crippen LogP contribution in [0.4, 0.5) is 0 Å². The Balaban J connectivity index is 1.95. The molecule has 2 aliphatic rings. The van der Waals surface area contributed by atoms with E-state index in [9.17, 15) is 4.79 Å². The van der Waals surface area contributed by atoms with Gasteiger partial charge in [0.1, 0.15) is 0 Å². The molecule has 3 aromatic rings. The number of hydrogen-bond donors (Lipinski definition) is 0. The maximum atomic E-state index is 12.3.